The van der Waals surface area contributed by atoms with Crippen LogP contribution in [0.5, 0.6) is 5.75 Å². The van der Waals surface area contributed by atoms with Crippen molar-refractivity contribution in [1.82, 2.24) is 4.90 Å². The largest absolute Gasteiger partial charge is 0.494 e. The Bertz CT molecular complexity index is 694. The van der Waals surface area contributed by atoms with E-state index < -0.39 is 0 Å². The molecule has 2 saturated heterocycles. The molecule has 0 aliphatic carbocycles. The molecule has 0 N–H and O–H groups in total. The molecule has 2 heteroatoms. The van der Waals surface area contributed by atoms with Crippen molar-refractivity contribution >= 4 is 0 Å². The van der Waals surface area contributed by atoms with Crippen molar-refractivity contribution in [3.05, 3.63) is 65.2 Å². The van der Waals surface area contributed by atoms with E-state index in [0.717, 1.165) is 36.9 Å². The molecule has 132 valence electrons. The van der Waals surface area contributed by atoms with Gasteiger partial charge in [-0.3, -0.25) is 4.90 Å². The van der Waals surface area contributed by atoms with Gasteiger partial charge < -0.3 is 4.74 Å². The van der Waals surface area contributed by atoms with Crippen molar-refractivity contribution in [2.45, 2.75) is 64.1 Å². The fraction of sp³-hybridized carbons (Fsp3) is 0.478. The van der Waals surface area contributed by atoms with Crippen LogP contribution in [0, 0.1) is 6.92 Å². The van der Waals surface area contributed by atoms with Crippen molar-refractivity contribution in [2.24, 2.45) is 0 Å². The number of ether oxygens (including phenoxy) is 1. The van der Waals surface area contributed by atoms with Gasteiger partial charge in [-0.1, -0.05) is 48.0 Å². The Kier molecular flexibility index (Phi) is 4.80. The van der Waals surface area contributed by atoms with Gasteiger partial charge in [0, 0.05) is 24.2 Å². The van der Waals surface area contributed by atoms with Gasteiger partial charge in [-0.2, -0.15) is 0 Å². The number of hydrogen-bond acceptors (Lipinski definition) is 2. The highest BCUT2D eigenvalue weighted by Gasteiger charge is 2.41. The van der Waals surface area contributed by atoms with E-state index in [1.807, 2.05) is 0 Å². The number of nitrogens with zero attached hydrogens (tertiary/aromatic N) is 1. The molecular formula is C23H29NO. The van der Waals surface area contributed by atoms with Gasteiger partial charge >= 0.3 is 0 Å². The molecule has 1 unspecified atom stereocenters. The smallest absolute Gasteiger partial charge is 0.123 e. The van der Waals surface area contributed by atoms with Gasteiger partial charge in [0.1, 0.15) is 5.75 Å². The predicted octanol–water partition coefficient (Wildman–Crippen LogP) is 5.30. The summed E-state index contributed by atoms with van der Waals surface area (Å²) in [4.78, 5) is 2.75. The average Bonchev–Trinajstić information content (AvgIpc) is 2.86. The third-order valence-corrected chi connectivity index (χ3v) is 6.06. The highest BCUT2D eigenvalue weighted by Crippen LogP contribution is 2.44. The average molecular weight is 335 g/mol. The highest BCUT2D eigenvalue weighted by atomic mass is 16.5. The van der Waals surface area contributed by atoms with Gasteiger partial charge in [0.2, 0.25) is 0 Å². The van der Waals surface area contributed by atoms with Crippen molar-refractivity contribution < 1.29 is 4.74 Å². The second-order valence-corrected chi connectivity index (χ2v) is 7.68. The van der Waals surface area contributed by atoms with Crippen molar-refractivity contribution in [1.29, 1.82) is 0 Å². The van der Waals surface area contributed by atoms with Crippen LogP contribution < -0.4 is 4.74 Å². The van der Waals surface area contributed by atoms with Crippen LogP contribution in [0.3, 0.4) is 0 Å². The quantitative estimate of drug-likeness (QED) is 0.735. The van der Waals surface area contributed by atoms with E-state index in [1.54, 1.807) is 0 Å². The summed E-state index contributed by atoms with van der Waals surface area (Å²) in [6.45, 7) is 6.00. The lowest BCUT2D eigenvalue weighted by Crippen LogP contribution is -2.41. The summed E-state index contributed by atoms with van der Waals surface area (Å²) in [5, 5.41) is 0. The Balaban J connectivity index is 1.48. The van der Waals surface area contributed by atoms with Crippen LogP contribution in [-0.4, -0.2) is 23.6 Å². The number of aryl methyl sites for hydroxylation is 1. The molecule has 2 heterocycles. The highest BCUT2D eigenvalue weighted by molar-refractivity contribution is 5.34. The maximum Gasteiger partial charge on any atom is 0.123 e. The Hall–Kier alpha value is -1.80. The van der Waals surface area contributed by atoms with Crippen molar-refractivity contribution in [2.75, 3.05) is 6.61 Å². The summed E-state index contributed by atoms with van der Waals surface area (Å²) >= 11 is 0. The zero-order valence-corrected chi connectivity index (χ0v) is 15.4. The Morgan fingerprint density at radius 1 is 0.960 bits per heavy atom. The summed E-state index contributed by atoms with van der Waals surface area (Å²) in [5.74, 6) is 1.79. The van der Waals surface area contributed by atoms with Crippen molar-refractivity contribution in [3.8, 4) is 5.75 Å². The van der Waals surface area contributed by atoms with E-state index in [4.69, 9.17) is 4.74 Å². The summed E-state index contributed by atoms with van der Waals surface area (Å²) in [7, 11) is 0. The zero-order chi connectivity index (χ0) is 17.2. The van der Waals surface area contributed by atoms with E-state index in [9.17, 15) is 0 Å². The van der Waals surface area contributed by atoms with Crippen LogP contribution in [0.15, 0.2) is 48.5 Å². The number of rotatable bonds is 5. The Morgan fingerprint density at radius 2 is 1.64 bits per heavy atom. The number of fused-ring (bicyclic) bond motifs is 2. The number of para-hydroxylation sites is 1. The van der Waals surface area contributed by atoms with E-state index in [-0.39, 0.29) is 0 Å². The number of hydrogen-bond donors (Lipinski definition) is 0. The SMILES string of the molecule is CCOc1ccccc1CN1[C@@H]2CC[C@H]1CC(c1ccc(C)cc1)C2. The molecule has 0 aromatic heterocycles. The van der Waals surface area contributed by atoms with Crippen LogP contribution in [0.2, 0.25) is 0 Å². The van der Waals surface area contributed by atoms with E-state index in [0.29, 0.717) is 0 Å². The Labute approximate surface area is 151 Å². The monoisotopic (exact) mass is 335 g/mol. The third-order valence-electron chi connectivity index (χ3n) is 6.06. The van der Waals surface area contributed by atoms with E-state index in [1.165, 1.54) is 42.4 Å². The summed E-state index contributed by atoms with van der Waals surface area (Å²) in [6.07, 6.45) is 5.31. The fourth-order valence-corrected chi connectivity index (χ4v) is 4.77. The van der Waals surface area contributed by atoms with Crippen LogP contribution in [0.1, 0.15) is 55.2 Å². The molecule has 25 heavy (non-hydrogen) atoms. The second kappa shape index (κ2) is 7.21. The topological polar surface area (TPSA) is 12.5 Å². The maximum absolute atomic E-state index is 5.84. The second-order valence-electron chi connectivity index (χ2n) is 7.68. The fourth-order valence-electron chi connectivity index (χ4n) is 4.77. The lowest BCUT2D eigenvalue weighted by Gasteiger charge is -2.39. The lowest BCUT2D eigenvalue weighted by molar-refractivity contribution is 0.117. The van der Waals surface area contributed by atoms with Gasteiger partial charge in [0.15, 0.2) is 0 Å². The van der Waals surface area contributed by atoms with E-state index in [2.05, 4.69) is 67.3 Å². The molecule has 2 aromatic rings. The first-order valence-electron chi connectivity index (χ1n) is 9.77. The molecule has 2 nitrogen and oxygen atoms in total. The van der Waals surface area contributed by atoms with Gasteiger partial charge in [0.05, 0.1) is 6.61 Å². The molecule has 2 fully saturated rings. The normalized spacial score (nSPS) is 25.9. The first-order valence-corrected chi connectivity index (χ1v) is 9.77. The predicted molar refractivity (Wildman–Crippen MR) is 103 cm³/mol. The van der Waals surface area contributed by atoms with Gasteiger partial charge in [-0.05, 0) is 57.1 Å². The van der Waals surface area contributed by atoms with Crippen molar-refractivity contribution in [3.63, 3.8) is 0 Å². The van der Waals surface area contributed by atoms with Gasteiger partial charge in [0.25, 0.3) is 0 Å². The molecule has 0 radical (unpaired) electrons. The molecule has 0 spiro atoms. The summed E-state index contributed by atoms with van der Waals surface area (Å²) in [6, 6.07) is 19.2. The minimum Gasteiger partial charge on any atom is -0.494 e. The number of benzene rings is 2. The van der Waals surface area contributed by atoms with Gasteiger partial charge in [-0.15, -0.1) is 0 Å². The van der Waals surface area contributed by atoms with Gasteiger partial charge in [-0.25, -0.2) is 0 Å². The van der Waals surface area contributed by atoms with E-state index >= 15 is 0 Å². The minimum atomic E-state index is 0.722. The number of piperidine rings is 1. The molecule has 3 atom stereocenters. The standard InChI is InChI=1S/C23H29NO/c1-3-25-23-7-5-4-6-19(23)16-24-21-12-13-22(24)15-20(14-21)18-10-8-17(2)9-11-18/h4-11,20-22H,3,12-16H2,1-2H3/t20?,21-,22+. The summed E-state index contributed by atoms with van der Waals surface area (Å²) in [5.41, 5.74) is 4.24. The molecule has 2 aromatic carbocycles. The Morgan fingerprint density at radius 3 is 2.32 bits per heavy atom. The first kappa shape index (κ1) is 16.7. The van der Waals surface area contributed by atoms with Crippen LogP contribution in [0.4, 0.5) is 0 Å². The molecule has 4 rings (SSSR count). The summed E-state index contributed by atoms with van der Waals surface area (Å²) < 4.78 is 5.84. The molecule has 2 aliphatic heterocycles. The molecule has 0 amide bonds. The van der Waals surface area contributed by atoms with Crippen LogP contribution in [-0.2, 0) is 6.54 Å². The zero-order valence-electron chi connectivity index (χ0n) is 15.4. The molecule has 2 bridgehead atoms. The molecule has 0 saturated carbocycles. The van der Waals surface area contributed by atoms with Crippen LogP contribution >= 0.6 is 0 Å². The maximum atomic E-state index is 5.84. The lowest BCUT2D eigenvalue weighted by atomic mass is 9.84. The first-order chi connectivity index (χ1) is 12.2. The molecule has 2 aliphatic rings. The third kappa shape index (κ3) is 3.46. The minimum absolute atomic E-state index is 0.722. The van der Waals surface area contributed by atoms with Crippen LogP contribution in [0.25, 0.3) is 0 Å². The molecular weight excluding hydrogens is 306 g/mol.